The number of ether oxygens (including phenoxy) is 1. The summed E-state index contributed by atoms with van der Waals surface area (Å²) >= 11 is 0. The highest BCUT2D eigenvalue weighted by atomic mass is 16.5. The van der Waals surface area contributed by atoms with Gasteiger partial charge in [0.25, 0.3) is 0 Å². The number of nitrogens with zero attached hydrogens (tertiary/aromatic N) is 2. The van der Waals surface area contributed by atoms with Gasteiger partial charge in [0, 0.05) is 39.6 Å². The van der Waals surface area contributed by atoms with Gasteiger partial charge in [0.05, 0.1) is 0 Å². The zero-order valence-electron chi connectivity index (χ0n) is 15.3. The van der Waals surface area contributed by atoms with Crippen LogP contribution in [-0.2, 0) is 4.79 Å². The van der Waals surface area contributed by atoms with Crippen LogP contribution in [0.3, 0.4) is 0 Å². The minimum Gasteiger partial charge on any atom is -0.490 e. The highest BCUT2D eigenvalue weighted by Gasteiger charge is 2.25. The van der Waals surface area contributed by atoms with E-state index in [9.17, 15) is 9.90 Å². The van der Waals surface area contributed by atoms with Crippen molar-refractivity contribution in [2.75, 3.05) is 33.3 Å². The van der Waals surface area contributed by atoms with Gasteiger partial charge in [0.2, 0.25) is 5.91 Å². The molecule has 0 aromatic heterocycles. The van der Waals surface area contributed by atoms with Gasteiger partial charge in [-0.15, -0.1) is 0 Å². The molecule has 1 aliphatic rings. The number of aryl methyl sites for hydroxylation is 2. The van der Waals surface area contributed by atoms with Crippen LogP contribution in [0.1, 0.15) is 30.9 Å². The molecule has 1 heterocycles. The monoisotopic (exact) mass is 334 g/mol. The molecule has 1 aromatic carbocycles. The predicted molar refractivity (Wildman–Crippen MR) is 95.3 cm³/mol. The fourth-order valence-corrected chi connectivity index (χ4v) is 3.30. The van der Waals surface area contributed by atoms with E-state index in [-0.39, 0.29) is 5.91 Å². The fourth-order valence-electron chi connectivity index (χ4n) is 3.30. The number of rotatable bonds is 6. The van der Waals surface area contributed by atoms with Gasteiger partial charge in [-0.2, -0.15) is 0 Å². The number of carbonyl (C=O) groups is 1. The van der Waals surface area contributed by atoms with E-state index < -0.39 is 6.10 Å². The van der Waals surface area contributed by atoms with Crippen LogP contribution in [0.4, 0.5) is 0 Å². The largest absolute Gasteiger partial charge is 0.490 e. The van der Waals surface area contributed by atoms with Crippen molar-refractivity contribution < 1.29 is 14.6 Å². The molecule has 0 saturated carbocycles. The molecule has 1 fully saturated rings. The quantitative estimate of drug-likeness (QED) is 0.864. The van der Waals surface area contributed by atoms with Gasteiger partial charge in [-0.25, -0.2) is 0 Å². The Morgan fingerprint density at radius 1 is 1.33 bits per heavy atom. The van der Waals surface area contributed by atoms with Crippen molar-refractivity contribution in [2.45, 2.75) is 45.8 Å². The lowest BCUT2D eigenvalue weighted by Gasteiger charge is -2.37. The van der Waals surface area contributed by atoms with Crippen LogP contribution in [0.15, 0.2) is 18.2 Å². The third-order valence-corrected chi connectivity index (χ3v) is 4.90. The number of likely N-dealkylation sites (tertiary alicyclic amines) is 1. The number of benzene rings is 1. The van der Waals surface area contributed by atoms with Crippen LogP contribution in [0.2, 0.25) is 0 Å². The van der Waals surface area contributed by atoms with Crippen LogP contribution < -0.4 is 4.74 Å². The minimum atomic E-state index is -0.508. The summed E-state index contributed by atoms with van der Waals surface area (Å²) < 4.78 is 5.83. The van der Waals surface area contributed by atoms with Gasteiger partial charge in [-0.1, -0.05) is 18.2 Å². The van der Waals surface area contributed by atoms with Crippen molar-refractivity contribution in [3.8, 4) is 5.75 Å². The highest BCUT2D eigenvalue weighted by molar-refractivity contribution is 5.73. The number of aliphatic hydroxyl groups excluding tert-OH is 1. The lowest BCUT2D eigenvalue weighted by Crippen LogP contribution is -2.47. The van der Waals surface area contributed by atoms with E-state index in [0.29, 0.717) is 19.2 Å². The van der Waals surface area contributed by atoms with Crippen molar-refractivity contribution in [1.29, 1.82) is 0 Å². The Morgan fingerprint density at radius 3 is 2.46 bits per heavy atom. The molecule has 1 aromatic rings. The number of para-hydroxylation sites is 1. The topological polar surface area (TPSA) is 53.0 Å². The summed E-state index contributed by atoms with van der Waals surface area (Å²) in [5.74, 6) is 0.994. The Bertz CT molecular complexity index is 533. The lowest BCUT2D eigenvalue weighted by atomic mass is 10.0. The molecule has 1 aliphatic heterocycles. The SMILES string of the molecule is CC(=O)N(C)C1CCN(CC(O)COc2c(C)cccc2C)CC1. The third-order valence-electron chi connectivity index (χ3n) is 4.90. The number of hydrogen-bond acceptors (Lipinski definition) is 4. The average molecular weight is 334 g/mol. The molecule has 134 valence electrons. The second-order valence-electron chi connectivity index (χ2n) is 6.85. The van der Waals surface area contributed by atoms with E-state index in [1.165, 1.54) is 0 Å². The number of aliphatic hydroxyl groups is 1. The van der Waals surface area contributed by atoms with E-state index >= 15 is 0 Å². The maximum Gasteiger partial charge on any atom is 0.219 e. The van der Waals surface area contributed by atoms with Crippen molar-refractivity contribution in [3.63, 3.8) is 0 Å². The summed E-state index contributed by atoms with van der Waals surface area (Å²) in [6.45, 7) is 8.38. The zero-order valence-corrected chi connectivity index (χ0v) is 15.3. The summed E-state index contributed by atoms with van der Waals surface area (Å²) in [5, 5.41) is 10.3. The average Bonchev–Trinajstić information content (AvgIpc) is 2.54. The molecule has 5 nitrogen and oxygen atoms in total. The van der Waals surface area contributed by atoms with Gasteiger partial charge in [-0.05, 0) is 37.8 Å². The molecule has 0 radical (unpaired) electrons. The summed E-state index contributed by atoms with van der Waals surface area (Å²) in [4.78, 5) is 15.5. The van der Waals surface area contributed by atoms with Crippen molar-refractivity contribution in [1.82, 2.24) is 9.80 Å². The molecule has 2 rings (SSSR count). The molecular formula is C19H30N2O3. The first-order chi connectivity index (χ1) is 11.4. The molecule has 5 heteroatoms. The number of carbonyl (C=O) groups excluding carboxylic acids is 1. The molecule has 0 bridgehead atoms. The Morgan fingerprint density at radius 2 is 1.92 bits per heavy atom. The molecule has 24 heavy (non-hydrogen) atoms. The third kappa shape index (κ3) is 4.95. The van der Waals surface area contributed by atoms with Crippen LogP contribution in [0.5, 0.6) is 5.75 Å². The van der Waals surface area contributed by atoms with Gasteiger partial charge >= 0.3 is 0 Å². The van der Waals surface area contributed by atoms with E-state index in [0.717, 1.165) is 42.8 Å². The summed E-state index contributed by atoms with van der Waals surface area (Å²) in [6, 6.07) is 6.37. The van der Waals surface area contributed by atoms with Gasteiger partial charge < -0.3 is 19.6 Å². The number of piperidine rings is 1. The Hall–Kier alpha value is -1.59. The van der Waals surface area contributed by atoms with Crippen molar-refractivity contribution in [3.05, 3.63) is 29.3 Å². The predicted octanol–water partition coefficient (Wildman–Crippen LogP) is 1.99. The van der Waals surface area contributed by atoms with Crippen LogP contribution in [0, 0.1) is 13.8 Å². The fraction of sp³-hybridized carbons (Fsp3) is 0.632. The smallest absolute Gasteiger partial charge is 0.219 e. The van der Waals surface area contributed by atoms with Gasteiger partial charge in [0.1, 0.15) is 18.5 Å². The number of hydrogen-bond donors (Lipinski definition) is 1. The molecule has 1 N–H and O–H groups in total. The highest BCUT2D eigenvalue weighted by Crippen LogP contribution is 2.22. The van der Waals surface area contributed by atoms with E-state index in [1.807, 2.05) is 44.0 Å². The van der Waals surface area contributed by atoms with E-state index in [1.54, 1.807) is 6.92 Å². The Balaban J connectivity index is 1.76. The molecule has 1 saturated heterocycles. The summed E-state index contributed by atoms with van der Waals surface area (Å²) in [5.41, 5.74) is 2.19. The standard InChI is InChI=1S/C19H30N2O3/c1-14-6-5-7-15(2)19(14)24-13-18(23)12-21-10-8-17(9-11-21)20(4)16(3)22/h5-7,17-18,23H,8-13H2,1-4H3. The summed E-state index contributed by atoms with van der Waals surface area (Å²) in [6.07, 6.45) is 1.41. The van der Waals surface area contributed by atoms with E-state index in [2.05, 4.69) is 4.90 Å². The van der Waals surface area contributed by atoms with Crippen LogP contribution in [-0.4, -0.2) is 66.2 Å². The normalized spacial score (nSPS) is 17.5. The van der Waals surface area contributed by atoms with Crippen LogP contribution >= 0.6 is 0 Å². The second kappa shape index (κ2) is 8.49. The minimum absolute atomic E-state index is 0.121. The maximum atomic E-state index is 11.4. The maximum absolute atomic E-state index is 11.4. The Labute approximate surface area is 145 Å². The molecule has 0 spiro atoms. The van der Waals surface area contributed by atoms with Gasteiger partial charge in [0.15, 0.2) is 0 Å². The first-order valence-corrected chi connectivity index (χ1v) is 8.71. The number of amides is 1. The first-order valence-electron chi connectivity index (χ1n) is 8.71. The van der Waals surface area contributed by atoms with Crippen molar-refractivity contribution >= 4 is 5.91 Å². The van der Waals surface area contributed by atoms with Gasteiger partial charge in [-0.3, -0.25) is 4.79 Å². The summed E-state index contributed by atoms with van der Waals surface area (Å²) in [7, 11) is 1.87. The van der Waals surface area contributed by atoms with Crippen molar-refractivity contribution in [2.24, 2.45) is 0 Å². The molecule has 1 atom stereocenters. The zero-order chi connectivity index (χ0) is 17.7. The Kier molecular flexibility index (Phi) is 6.63. The van der Waals surface area contributed by atoms with E-state index in [4.69, 9.17) is 4.74 Å². The first kappa shape index (κ1) is 18.7. The van der Waals surface area contributed by atoms with Crippen LogP contribution in [0.25, 0.3) is 0 Å². The lowest BCUT2D eigenvalue weighted by molar-refractivity contribution is -0.130. The molecule has 1 unspecified atom stereocenters. The molecule has 0 aliphatic carbocycles. The molecular weight excluding hydrogens is 304 g/mol. The number of β-amino-alcohol motifs (C(OH)–C–C–N with tert-alkyl or cyclic N) is 1. The molecule has 1 amide bonds. The second-order valence-corrected chi connectivity index (χ2v) is 6.85.